The van der Waals surface area contributed by atoms with Crippen LogP contribution in [0, 0.1) is 5.82 Å². The number of benzene rings is 2. The van der Waals surface area contributed by atoms with E-state index < -0.39 is 17.9 Å². The highest BCUT2D eigenvalue weighted by Gasteiger charge is 2.21. The maximum absolute atomic E-state index is 13.8. The molecule has 0 saturated carbocycles. The number of amides is 2. The smallest absolute Gasteiger partial charge is 0.255 e. The first-order valence-electron chi connectivity index (χ1n) is 8.50. The Morgan fingerprint density at radius 2 is 2.00 bits per heavy atom. The number of methoxy groups -OCH3 is 1. The van der Waals surface area contributed by atoms with Crippen LogP contribution in [0.3, 0.4) is 0 Å². The number of carbonyl (C=O) groups excluding carboxylic acids is 2. The van der Waals surface area contributed by atoms with Crippen molar-refractivity contribution in [1.82, 2.24) is 15.5 Å². The molecular formula is C20H19FN4O3. The van der Waals surface area contributed by atoms with Gasteiger partial charge in [-0.3, -0.25) is 14.7 Å². The van der Waals surface area contributed by atoms with Crippen LogP contribution >= 0.6 is 0 Å². The fourth-order valence-electron chi connectivity index (χ4n) is 2.74. The van der Waals surface area contributed by atoms with Gasteiger partial charge in [0.2, 0.25) is 5.91 Å². The molecule has 8 heteroatoms. The molecule has 1 aromatic heterocycles. The van der Waals surface area contributed by atoms with E-state index in [2.05, 4.69) is 15.5 Å². The van der Waals surface area contributed by atoms with Gasteiger partial charge in [-0.05, 0) is 37.3 Å². The van der Waals surface area contributed by atoms with E-state index in [9.17, 15) is 14.0 Å². The molecule has 144 valence electrons. The molecule has 2 amide bonds. The number of aromatic amines is 1. The van der Waals surface area contributed by atoms with Gasteiger partial charge in [-0.15, -0.1) is 0 Å². The van der Waals surface area contributed by atoms with Crippen LogP contribution < -0.4 is 15.8 Å². The minimum Gasteiger partial charge on any atom is -0.495 e. The van der Waals surface area contributed by atoms with Gasteiger partial charge in [0.15, 0.2) is 0 Å². The van der Waals surface area contributed by atoms with Crippen LogP contribution in [0.5, 0.6) is 5.75 Å². The summed E-state index contributed by atoms with van der Waals surface area (Å²) in [7, 11) is 1.43. The molecule has 1 heterocycles. The van der Waals surface area contributed by atoms with Crippen LogP contribution in [0.25, 0.3) is 23.1 Å². The van der Waals surface area contributed by atoms with E-state index in [1.54, 1.807) is 42.5 Å². The minimum absolute atomic E-state index is 0.227. The summed E-state index contributed by atoms with van der Waals surface area (Å²) in [6.07, 6.45) is 3.22. The lowest BCUT2D eigenvalue weighted by Crippen LogP contribution is -2.42. The summed E-state index contributed by atoms with van der Waals surface area (Å²) in [6, 6.07) is 8.75. The van der Waals surface area contributed by atoms with Crippen molar-refractivity contribution in [2.45, 2.75) is 13.0 Å². The number of nitrogens with zero attached hydrogens (tertiary/aromatic N) is 1. The van der Waals surface area contributed by atoms with Crippen LogP contribution in [0.1, 0.15) is 28.5 Å². The van der Waals surface area contributed by atoms with Crippen LogP contribution in [-0.2, 0) is 4.79 Å². The molecule has 0 aliphatic heterocycles. The standard InChI is InChI=1S/C20H19FN4O3/c1-11(19(22)26)23-20(27)13-8-10-16-17(18(13)28-2)15(24-25-16)9-7-12-5-3-4-6-14(12)21/h3-11H,1-2H3,(H2,22,26)(H,23,27)(H,24,25)/b9-7+/t11-/m0/s1. The highest BCUT2D eigenvalue weighted by molar-refractivity contribution is 6.06. The lowest BCUT2D eigenvalue weighted by molar-refractivity contribution is -0.119. The van der Waals surface area contributed by atoms with Gasteiger partial charge < -0.3 is 15.8 Å². The Kier molecular flexibility index (Phi) is 5.39. The fourth-order valence-corrected chi connectivity index (χ4v) is 2.74. The Labute approximate surface area is 160 Å². The van der Waals surface area contributed by atoms with Crippen molar-refractivity contribution in [3.8, 4) is 5.75 Å². The molecule has 28 heavy (non-hydrogen) atoms. The Hall–Kier alpha value is -3.68. The molecular weight excluding hydrogens is 363 g/mol. The summed E-state index contributed by atoms with van der Waals surface area (Å²) >= 11 is 0. The molecule has 0 saturated heterocycles. The van der Waals surface area contributed by atoms with Crippen molar-refractivity contribution in [2.24, 2.45) is 5.73 Å². The Bertz CT molecular complexity index is 1070. The van der Waals surface area contributed by atoms with Crippen LogP contribution in [-0.4, -0.2) is 35.2 Å². The number of hydrogen-bond donors (Lipinski definition) is 3. The Morgan fingerprint density at radius 1 is 1.25 bits per heavy atom. The molecule has 4 N–H and O–H groups in total. The molecule has 3 aromatic rings. The number of ether oxygens (including phenoxy) is 1. The number of carbonyl (C=O) groups is 2. The molecule has 0 aliphatic carbocycles. The lowest BCUT2D eigenvalue weighted by atomic mass is 10.1. The second-order valence-corrected chi connectivity index (χ2v) is 6.13. The topological polar surface area (TPSA) is 110 Å². The summed E-state index contributed by atoms with van der Waals surface area (Å²) < 4.78 is 19.3. The van der Waals surface area contributed by atoms with Gasteiger partial charge in [-0.1, -0.05) is 18.2 Å². The number of nitrogens with one attached hydrogen (secondary N) is 2. The maximum Gasteiger partial charge on any atom is 0.255 e. The zero-order chi connectivity index (χ0) is 20.3. The lowest BCUT2D eigenvalue weighted by Gasteiger charge is -2.13. The normalized spacial score (nSPS) is 12.2. The molecule has 0 bridgehead atoms. The van der Waals surface area contributed by atoms with Gasteiger partial charge in [0.1, 0.15) is 17.6 Å². The number of H-pyrrole nitrogens is 1. The maximum atomic E-state index is 13.8. The number of primary amides is 1. The number of fused-ring (bicyclic) bond motifs is 1. The molecule has 0 fully saturated rings. The van der Waals surface area contributed by atoms with Gasteiger partial charge in [-0.25, -0.2) is 4.39 Å². The van der Waals surface area contributed by atoms with E-state index in [0.717, 1.165) is 0 Å². The zero-order valence-corrected chi connectivity index (χ0v) is 15.3. The summed E-state index contributed by atoms with van der Waals surface area (Å²) in [5.41, 5.74) is 6.95. The van der Waals surface area contributed by atoms with Gasteiger partial charge in [-0.2, -0.15) is 5.10 Å². The Morgan fingerprint density at radius 3 is 2.68 bits per heavy atom. The quantitative estimate of drug-likeness (QED) is 0.608. The average Bonchev–Trinajstić information content (AvgIpc) is 3.09. The molecule has 2 aromatic carbocycles. The molecule has 7 nitrogen and oxygen atoms in total. The van der Waals surface area contributed by atoms with E-state index in [0.29, 0.717) is 22.2 Å². The van der Waals surface area contributed by atoms with Gasteiger partial charge in [0.25, 0.3) is 5.91 Å². The van der Waals surface area contributed by atoms with Crippen molar-refractivity contribution >= 4 is 34.9 Å². The van der Waals surface area contributed by atoms with Crippen molar-refractivity contribution in [3.05, 3.63) is 59.0 Å². The summed E-state index contributed by atoms with van der Waals surface area (Å²) in [5.74, 6) is -1.22. The van der Waals surface area contributed by atoms with Crippen LogP contribution in [0.15, 0.2) is 36.4 Å². The number of rotatable bonds is 6. The predicted octanol–water partition coefficient (Wildman–Crippen LogP) is 2.48. The van der Waals surface area contributed by atoms with Crippen LogP contribution in [0.4, 0.5) is 4.39 Å². The van der Waals surface area contributed by atoms with E-state index in [4.69, 9.17) is 10.5 Å². The van der Waals surface area contributed by atoms with Gasteiger partial charge in [0, 0.05) is 5.56 Å². The number of nitrogens with two attached hydrogens (primary N) is 1. The molecule has 0 spiro atoms. The first-order chi connectivity index (χ1) is 13.4. The largest absolute Gasteiger partial charge is 0.495 e. The molecule has 0 unspecified atom stereocenters. The predicted molar refractivity (Wildman–Crippen MR) is 104 cm³/mol. The highest BCUT2D eigenvalue weighted by Crippen LogP contribution is 2.32. The third kappa shape index (κ3) is 3.71. The Balaban J connectivity index is 2.03. The van der Waals surface area contributed by atoms with E-state index in [-0.39, 0.29) is 17.1 Å². The first kappa shape index (κ1) is 19.1. The number of halogens is 1. The zero-order valence-electron chi connectivity index (χ0n) is 15.3. The molecule has 0 radical (unpaired) electrons. The molecule has 3 rings (SSSR count). The fraction of sp³-hybridized carbons (Fsp3) is 0.150. The van der Waals surface area contributed by atoms with Crippen molar-refractivity contribution in [1.29, 1.82) is 0 Å². The first-order valence-corrected chi connectivity index (χ1v) is 8.50. The summed E-state index contributed by atoms with van der Waals surface area (Å²) in [6.45, 7) is 1.49. The third-order valence-corrected chi connectivity index (χ3v) is 4.26. The number of aromatic nitrogens is 2. The van der Waals surface area contributed by atoms with Crippen molar-refractivity contribution in [3.63, 3.8) is 0 Å². The minimum atomic E-state index is -0.835. The SMILES string of the molecule is COc1c(C(=O)N[C@@H](C)C(N)=O)ccc2[nH]nc(/C=C/c3ccccc3F)c12. The summed E-state index contributed by atoms with van der Waals surface area (Å²) in [4.78, 5) is 23.8. The van der Waals surface area contributed by atoms with Gasteiger partial charge in [0.05, 0.1) is 29.3 Å². The highest BCUT2D eigenvalue weighted by atomic mass is 19.1. The van der Waals surface area contributed by atoms with E-state index >= 15 is 0 Å². The van der Waals surface area contributed by atoms with E-state index in [1.807, 2.05) is 0 Å². The second kappa shape index (κ2) is 7.91. The van der Waals surface area contributed by atoms with Crippen molar-refractivity contribution in [2.75, 3.05) is 7.11 Å². The average molecular weight is 382 g/mol. The monoisotopic (exact) mass is 382 g/mol. The summed E-state index contributed by atoms with van der Waals surface area (Å²) in [5, 5.41) is 10.2. The third-order valence-electron chi connectivity index (χ3n) is 4.26. The van der Waals surface area contributed by atoms with Crippen molar-refractivity contribution < 1.29 is 18.7 Å². The molecule has 1 atom stereocenters. The van der Waals surface area contributed by atoms with Gasteiger partial charge >= 0.3 is 0 Å². The second-order valence-electron chi connectivity index (χ2n) is 6.13. The van der Waals surface area contributed by atoms with Crippen LogP contribution in [0.2, 0.25) is 0 Å². The number of hydrogen-bond acceptors (Lipinski definition) is 4. The molecule has 0 aliphatic rings. The van der Waals surface area contributed by atoms with E-state index in [1.165, 1.54) is 20.1 Å².